The number of hydrogen-bond acceptors (Lipinski definition) is 7. The molecule has 8 nitrogen and oxygen atoms in total. The van der Waals surface area contributed by atoms with Crippen LogP contribution in [0.25, 0.3) is 18.2 Å². The Hall–Kier alpha value is -4.59. The lowest BCUT2D eigenvalue weighted by atomic mass is 10.1. The van der Waals surface area contributed by atoms with Crippen LogP contribution < -0.4 is 30.0 Å². The number of benzene rings is 3. The molecule has 0 spiro atoms. The van der Waals surface area contributed by atoms with Gasteiger partial charge >= 0.3 is 0 Å². The number of nitrogens with two attached hydrogens (primary N) is 1. The summed E-state index contributed by atoms with van der Waals surface area (Å²) in [6, 6.07) is 13.8. The number of ether oxygens (including phenoxy) is 4. The molecule has 0 radical (unpaired) electrons. The van der Waals surface area contributed by atoms with Crippen molar-refractivity contribution < 1.29 is 28.8 Å². The Bertz CT molecular complexity index is 1240. The molecule has 0 atom stereocenters. The van der Waals surface area contributed by atoms with E-state index in [1.54, 1.807) is 63.8 Å². The molecule has 182 valence electrons. The fourth-order valence-electron chi connectivity index (χ4n) is 3.33. The van der Waals surface area contributed by atoms with Crippen molar-refractivity contribution in [1.29, 1.82) is 0 Å². The number of rotatable bonds is 9. The van der Waals surface area contributed by atoms with Crippen molar-refractivity contribution in [2.45, 2.75) is 0 Å². The molecule has 0 bridgehead atoms. The second-order valence-corrected chi connectivity index (χ2v) is 7.39. The van der Waals surface area contributed by atoms with Crippen LogP contribution >= 0.6 is 0 Å². The lowest BCUT2D eigenvalue weighted by Gasteiger charge is -2.12. The molecule has 8 heteroatoms. The van der Waals surface area contributed by atoms with Gasteiger partial charge in [0.1, 0.15) is 11.5 Å². The van der Waals surface area contributed by atoms with Gasteiger partial charge in [-0.15, -0.1) is 0 Å². The molecule has 0 saturated carbocycles. The summed E-state index contributed by atoms with van der Waals surface area (Å²) in [4.78, 5) is 12.3. The number of methoxy groups -OCH3 is 4. The molecule has 0 aliphatic heterocycles. The van der Waals surface area contributed by atoms with Crippen LogP contribution in [0.5, 0.6) is 28.7 Å². The van der Waals surface area contributed by atoms with Crippen LogP contribution in [-0.2, 0) is 4.79 Å². The summed E-state index contributed by atoms with van der Waals surface area (Å²) in [6.45, 7) is 0. The molecule has 0 aliphatic carbocycles. The molecule has 0 fully saturated rings. The predicted molar refractivity (Wildman–Crippen MR) is 138 cm³/mol. The van der Waals surface area contributed by atoms with Gasteiger partial charge in [-0.1, -0.05) is 24.3 Å². The number of nitrogen functional groups attached to an aromatic ring is 1. The largest absolute Gasteiger partial charge is 0.506 e. The van der Waals surface area contributed by atoms with E-state index < -0.39 is 5.91 Å². The highest BCUT2D eigenvalue weighted by molar-refractivity contribution is 6.02. The fraction of sp³-hybridized carbons (Fsp3) is 0.148. The highest BCUT2D eigenvalue weighted by Gasteiger charge is 2.12. The van der Waals surface area contributed by atoms with E-state index in [1.807, 2.05) is 24.3 Å². The molecular weight excluding hydrogens is 448 g/mol. The Labute approximate surface area is 204 Å². The van der Waals surface area contributed by atoms with Crippen LogP contribution in [0.3, 0.4) is 0 Å². The van der Waals surface area contributed by atoms with E-state index in [-0.39, 0.29) is 5.75 Å². The van der Waals surface area contributed by atoms with Gasteiger partial charge in [-0.25, -0.2) is 0 Å². The number of hydrogen-bond donors (Lipinski definition) is 3. The van der Waals surface area contributed by atoms with Crippen LogP contribution in [0, 0.1) is 0 Å². The minimum absolute atomic E-state index is 0.0621. The van der Waals surface area contributed by atoms with Gasteiger partial charge in [-0.05, 0) is 59.2 Å². The number of amides is 1. The maximum atomic E-state index is 12.3. The topological polar surface area (TPSA) is 112 Å². The van der Waals surface area contributed by atoms with Gasteiger partial charge in [0, 0.05) is 6.08 Å². The minimum Gasteiger partial charge on any atom is -0.506 e. The molecule has 0 unspecified atom stereocenters. The predicted octanol–water partition coefficient (Wildman–Crippen LogP) is 4.83. The van der Waals surface area contributed by atoms with Crippen molar-refractivity contribution in [1.82, 2.24) is 0 Å². The standard InChI is InChI=1S/C27H28N2O6/c1-32-23-14-18(7-10-20(23)28)9-12-26(31)29-21-11-8-17(13-22(21)30)5-6-19-15-24(33-2)27(35-4)25(16-19)34-3/h5-16,30H,28H2,1-4H3,(H,29,31)/b6-5+,12-9+. The number of phenols is 1. The summed E-state index contributed by atoms with van der Waals surface area (Å²) in [5.41, 5.74) is 8.91. The summed E-state index contributed by atoms with van der Waals surface area (Å²) >= 11 is 0. The highest BCUT2D eigenvalue weighted by atomic mass is 16.5. The summed E-state index contributed by atoms with van der Waals surface area (Å²) < 4.78 is 21.3. The van der Waals surface area contributed by atoms with Crippen molar-refractivity contribution in [2.24, 2.45) is 0 Å². The van der Waals surface area contributed by atoms with Gasteiger partial charge < -0.3 is 35.1 Å². The van der Waals surface area contributed by atoms with E-state index in [9.17, 15) is 9.90 Å². The van der Waals surface area contributed by atoms with Gasteiger partial charge in [0.25, 0.3) is 0 Å². The van der Waals surface area contributed by atoms with Crippen LogP contribution in [0.1, 0.15) is 16.7 Å². The van der Waals surface area contributed by atoms with E-state index in [4.69, 9.17) is 24.7 Å². The van der Waals surface area contributed by atoms with Crippen molar-refractivity contribution in [3.8, 4) is 28.7 Å². The SMILES string of the molecule is COc1cc(/C=C/C(=O)Nc2ccc(/C=C/c3cc(OC)c(OC)c(OC)c3)cc2O)ccc1N. The van der Waals surface area contributed by atoms with E-state index in [0.717, 1.165) is 16.7 Å². The Balaban J connectivity index is 1.71. The van der Waals surface area contributed by atoms with Gasteiger partial charge in [0.15, 0.2) is 11.5 Å². The van der Waals surface area contributed by atoms with E-state index in [2.05, 4.69) is 5.32 Å². The Morgan fingerprint density at radius 1 is 0.771 bits per heavy atom. The van der Waals surface area contributed by atoms with Crippen LogP contribution in [-0.4, -0.2) is 39.5 Å². The summed E-state index contributed by atoms with van der Waals surface area (Å²) in [5.74, 6) is 1.66. The zero-order valence-electron chi connectivity index (χ0n) is 20.0. The average Bonchev–Trinajstić information content (AvgIpc) is 2.87. The maximum absolute atomic E-state index is 12.3. The molecular formula is C27H28N2O6. The number of carbonyl (C=O) groups is 1. The first-order chi connectivity index (χ1) is 16.9. The fourth-order valence-corrected chi connectivity index (χ4v) is 3.33. The van der Waals surface area contributed by atoms with E-state index in [1.165, 1.54) is 13.2 Å². The molecule has 4 N–H and O–H groups in total. The second kappa shape index (κ2) is 11.5. The molecule has 0 aliphatic rings. The smallest absolute Gasteiger partial charge is 0.248 e. The average molecular weight is 477 g/mol. The van der Waals surface area contributed by atoms with Gasteiger partial charge in [-0.2, -0.15) is 0 Å². The molecule has 0 aromatic heterocycles. The molecule has 3 rings (SSSR count). The first-order valence-electron chi connectivity index (χ1n) is 10.6. The van der Waals surface area contributed by atoms with E-state index in [0.29, 0.717) is 34.4 Å². The lowest BCUT2D eigenvalue weighted by Crippen LogP contribution is -2.07. The first kappa shape index (κ1) is 25.0. The molecule has 35 heavy (non-hydrogen) atoms. The van der Waals surface area contributed by atoms with Crippen molar-refractivity contribution in [2.75, 3.05) is 39.5 Å². The van der Waals surface area contributed by atoms with Crippen LogP contribution in [0.15, 0.2) is 54.6 Å². The van der Waals surface area contributed by atoms with Crippen LogP contribution in [0.2, 0.25) is 0 Å². The molecule has 1 amide bonds. The van der Waals surface area contributed by atoms with Gasteiger partial charge in [0.05, 0.1) is 39.8 Å². The van der Waals surface area contributed by atoms with E-state index >= 15 is 0 Å². The van der Waals surface area contributed by atoms with Crippen molar-refractivity contribution in [3.05, 3.63) is 71.3 Å². The molecule has 0 heterocycles. The molecule has 3 aromatic rings. The number of nitrogens with one attached hydrogen (secondary N) is 1. The minimum atomic E-state index is -0.392. The maximum Gasteiger partial charge on any atom is 0.248 e. The summed E-state index contributed by atoms with van der Waals surface area (Å²) in [5, 5.41) is 13.1. The molecule has 0 saturated heterocycles. The third-order valence-electron chi connectivity index (χ3n) is 5.12. The number of carbonyl (C=O) groups excluding carboxylic acids is 1. The van der Waals surface area contributed by atoms with Crippen molar-refractivity contribution >= 4 is 35.5 Å². The quantitative estimate of drug-likeness (QED) is 0.175. The normalized spacial score (nSPS) is 11.0. The third-order valence-corrected chi connectivity index (χ3v) is 5.12. The summed E-state index contributed by atoms with van der Waals surface area (Å²) in [6.07, 6.45) is 6.66. The Morgan fingerprint density at radius 2 is 1.34 bits per heavy atom. The third kappa shape index (κ3) is 6.26. The zero-order chi connectivity index (χ0) is 25.4. The van der Waals surface area contributed by atoms with Gasteiger partial charge in [-0.3, -0.25) is 4.79 Å². The van der Waals surface area contributed by atoms with Gasteiger partial charge in [0.2, 0.25) is 11.7 Å². The number of aromatic hydroxyl groups is 1. The Kier molecular flexibility index (Phi) is 8.24. The number of anilines is 2. The Morgan fingerprint density at radius 3 is 1.94 bits per heavy atom. The zero-order valence-corrected chi connectivity index (χ0v) is 20.0. The van der Waals surface area contributed by atoms with Crippen molar-refractivity contribution in [3.63, 3.8) is 0 Å². The number of phenolic OH excluding ortho intramolecular Hbond substituents is 1. The highest BCUT2D eigenvalue weighted by Crippen LogP contribution is 2.38. The molecule has 3 aromatic carbocycles. The van der Waals surface area contributed by atoms with Crippen LogP contribution in [0.4, 0.5) is 11.4 Å². The summed E-state index contributed by atoms with van der Waals surface area (Å²) in [7, 11) is 6.18. The monoisotopic (exact) mass is 476 g/mol. The second-order valence-electron chi connectivity index (χ2n) is 7.39. The lowest BCUT2D eigenvalue weighted by molar-refractivity contribution is -0.111. The first-order valence-corrected chi connectivity index (χ1v) is 10.6.